The summed E-state index contributed by atoms with van der Waals surface area (Å²) in [4.78, 5) is 2.78. The Morgan fingerprint density at radius 3 is 2.60 bits per heavy atom. The van der Waals surface area contributed by atoms with E-state index in [-0.39, 0.29) is 0 Å². The molecule has 2 N–H and O–H groups in total. The predicted octanol–water partition coefficient (Wildman–Crippen LogP) is 1.84. The molecule has 0 spiro atoms. The van der Waals surface area contributed by atoms with Crippen molar-refractivity contribution in [2.24, 2.45) is 23.5 Å². The first kappa shape index (κ1) is 10.1. The molecule has 4 unspecified atom stereocenters. The van der Waals surface area contributed by atoms with Gasteiger partial charge >= 0.3 is 0 Å². The fourth-order valence-electron chi connectivity index (χ4n) is 4.56. The van der Waals surface area contributed by atoms with Crippen LogP contribution in [0.15, 0.2) is 0 Å². The van der Waals surface area contributed by atoms with Crippen molar-refractivity contribution in [2.75, 3.05) is 13.1 Å². The third kappa shape index (κ3) is 1.62. The minimum absolute atomic E-state index is 0.399. The molecule has 3 heterocycles. The molecule has 3 aliphatic heterocycles. The molecule has 3 saturated heterocycles. The van der Waals surface area contributed by atoms with Crippen LogP contribution in [0.4, 0.5) is 0 Å². The standard InChI is InChI=1S/C13H24N2/c1-9(14)8-11-2-3-12-10-4-6-15(7-5-10)13(11)12/h9-13H,2-8,14H2,1H3. The van der Waals surface area contributed by atoms with Gasteiger partial charge in [0, 0.05) is 12.1 Å². The predicted molar refractivity (Wildman–Crippen MR) is 62.6 cm³/mol. The maximum Gasteiger partial charge on any atom is 0.0155 e. The van der Waals surface area contributed by atoms with Crippen molar-refractivity contribution in [3.63, 3.8) is 0 Å². The van der Waals surface area contributed by atoms with Crippen molar-refractivity contribution in [3.05, 3.63) is 0 Å². The summed E-state index contributed by atoms with van der Waals surface area (Å²) in [5.41, 5.74) is 5.97. The molecule has 4 fully saturated rings. The zero-order chi connectivity index (χ0) is 10.4. The minimum Gasteiger partial charge on any atom is -0.328 e. The molecule has 0 aromatic heterocycles. The maximum absolute atomic E-state index is 5.97. The Hall–Kier alpha value is -0.0800. The van der Waals surface area contributed by atoms with Crippen molar-refractivity contribution in [2.45, 2.75) is 51.1 Å². The van der Waals surface area contributed by atoms with Crippen molar-refractivity contribution in [1.29, 1.82) is 0 Å². The highest BCUT2D eigenvalue weighted by Crippen LogP contribution is 2.49. The number of piperidine rings is 3. The van der Waals surface area contributed by atoms with Crippen molar-refractivity contribution >= 4 is 0 Å². The molecule has 4 rings (SSSR count). The number of hydrogen-bond acceptors (Lipinski definition) is 2. The summed E-state index contributed by atoms with van der Waals surface area (Å²) in [5, 5.41) is 0. The van der Waals surface area contributed by atoms with Gasteiger partial charge in [-0.1, -0.05) is 0 Å². The number of hydrogen-bond donors (Lipinski definition) is 1. The van der Waals surface area contributed by atoms with E-state index in [1.165, 1.54) is 45.2 Å². The van der Waals surface area contributed by atoms with Gasteiger partial charge in [-0.15, -0.1) is 0 Å². The number of nitrogens with zero attached hydrogens (tertiary/aromatic N) is 1. The van der Waals surface area contributed by atoms with E-state index >= 15 is 0 Å². The van der Waals surface area contributed by atoms with E-state index in [0.717, 1.165) is 23.8 Å². The van der Waals surface area contributed by atoms with Crippen LogP contribution in [-0.4, -0.2) is 30.1 Å². The average molecular weight is 208 g/mol. The average Bonchev–Trinajstić information content (AvgIpc) is 2.65. The Morgan fingerprint density at radius 1 is 1.20 bits per heavy atom. The van der Waals surface area contributed by atoms with E-state index in [0.29, 0.717) is 6.04 Å². The zero-order valence-electron chi connectivity index (χ0n) is 9.86. The molecule has 1 saturated carbocycles. The highest BCUT2D eigenvalue weighted by atomic mass is 15.2. The molecule has 0 amide bonds. The Bertz CT molecular complexity index is 231. The van der Waals surface area contributed by atoms with Crippen molar-refractivity contribution in [1.82, 2.24) is 4.90 Å². The van der Waals surface area contributed by atoms with Gasteiger partial charge in [0.2, 0.25) is 0 Å². The Kier molecular flexibility index (Phi) is 2.52. The summed E-state index contributed by atoms with van der Waals surface area (Å²) < 4.78 is 0. The van der Waals surface area contributed by atoms with Crippen molar-refractivity contribution in [3.8, 4) is 0 Å². The molecule has 2 nitrogen and oxygen atoms in total. The lowest BCUT2D eigenvalue weighted by atomic mass is 9.73. The lowest BCUT2D eigenvalue weighted by molar-refractivity contribution is -0.0117. The lowest BCUT2D eigenvalue weighted by Crippen LogP contribution is -2.55. The molecule has 2 bridgehead atoms. The van der Waals surface area contributed by atoms with Crippen LogP contribution in [0.2, 0.25) is 0 Å². The quantitative estimate of drug-likeness (QED) is 0.750. The van der Waals surface area contributed by atoms with E-state index in [1.54, 1.807) is 0 Å². The number of nitrogens with two attached hydrogens (primary N) is 1. The normalized spacial score (nSPS) is 50.4. The third-order valence-corrected chi connectivity index (χ3v) is 5.07. The number of rotatable bonds is 2. The third-order valence-electron chi connectivity index (χ3n) is 5.07. The van der Waals surface area contributed by atoms with Crippen LogP contribution in [0.1, 0.15) is 39.0 Å². The Labute approximate surface area is 93.2 Å². The summed E-state index contributed by atoms with van der Waals surface area (Å²) in [7, 11) is 0. The Balaban J connectivity index is 1.74. The van der Waals surface area contributed by atoms with Crippen LogP contribution in [0, 0.1) is 17.8 Å². The van der Waals surface area contributed by atoms with Crippen LogP contribution >= 0.6 is 0 Å². The fourth-order valence-corrected chi connectivity index (χ4v) is 4.56. The van der Waals surface area contributed by atoms with Gasteiger partial charge in [-0.25, -0.2) is 0 Å². The van der Waals surface area contributed by atoms with Crippen LogP contribution in [0.5, 0.6) is 0 Å². The van der Waals surface area contributed by atoms with Gasteiger partial charge in [-0.3, -0.25) is 4.90 Å². The monoisotopic (exact) mass is 208 g/mol. The first-order chi connectivity index (χ1) is 7.25. The summed E-state index contributed by atoms with van der Waals surface area (Å²) >= 11 is 0. The smallest absolute Gasteiger partial charge is 0.0155 e. The molecule has 2 heteroatoms. The SMILES string of the molecule is CC(N)CC1CCC2C3CCN(CC3)C12. The lowest BCUT2D eigenvalue weighted by Gasteiger charge is -2.50. The summed E-state index contributed by atoms with van der Waals surface area (Å²) in [6.07, 6.45) is 7.15. The zero-order valence-corrected chi connectivity index (χ0v) is 9.86. The minimum atomic E-state index is 0.399. The van der Waals surface area contributed by atoms with E-state index in [1.807, 2.05) is 0 Å². The second-order valence-corrected chi connectivity index (χ2v) is 6.08. The molecule has 0 radical (unpaired) electrons. The van der Waals surface area contributed by atoms with E-state index in [2.05, 4.69) is 11.8 Å². The van der Waals surface area contributed by atoms with E-state index < -0.39 is 0 Å². The summed E-state index contributed by atoms with van der Waals surface area (Å²) in [6, 6.07) is 1.32. The molecule has 86 valence electrons. The maximum atomic E-state index is 5.97. The number of fused-ring (bicyclic) bond motifs is 2. The van der Waals surface area contributed by atoms with Gasteiger partial charge in [0.1, 0.15) is 0 Å². The van der Waals surface area contributed by atoms with Gasteiger partial charge in [0.15, 0.2) is 0 Å². The van der Waals surface area contributed by atoms with Gasteiger partial charge in [0.05, 0.1) is 0 Å². The molecule has 4 atom stereocenters. The first-order valence-corrected chi connectivity index (χ1v) is 6.75. The van der Waals surface area contributed by atoms with Crippen LogP contribution in [0.3, 0.4) is 0 Å². The summed E-state index contributed by atoms with van der Waals surface area (Å²) in [6.45, 7) is 4.92. The van der Waals surface area contributed by atoms with Gasteiger partial charge < -0.3 is 5.73 Å². The second-order valence-electron chi connectivity index (χ2n) is 6.08. The topological polar surface area (TPSA) is 29.3 Å². The van der Waals surface area contributed by atoms with Gasteiger partial charge in [-0.05, 0) is 69.9 Å². The van der Waals surface area contributed by atoms with Gasteiger partial charge in [-0.2, -0.15) is 0 Å². The second kappa shape index (κ2) is 3.74. The molecular formula is C13H24N2. The van der Waals surface area contributed by atoms with E-state index in [9.17, 15) is 0 Å². The molecular weight excluding hydrogens is 184 g/mol. The van der Waals surface area contributed by atoms with E-state index in [4.69, 9.17) is 5.73 Å². The molecule has 0 aromatic carbocycles. The van der Waals surface area contributed by atoms with Crippen molar-refractivity contribution < 1.29 is 0 Å². The van der Waals surface area contributed by atoms with Crippen LogP contribution in [0.25, 0.3) is 0 Å². The highest BCUT2D eigenvalue weighted by Gasteiger charge is 2.48. The fraction of sp³-hybridized carbons (Fsp3) is 1.00. The molecule has 15 heavy (non-hydrogen) atoms. The molecule has 4 aliphatic rings. The molecule has 0 aromatic rings. The van der Waals surface area contributed by atoms with Crippen LogP contribution in [-0.2, 0) is 0 Å². The largest absolute Gasteiger partial charge is 0.328 e. The highest BCUT2D eigenvalue weighted by molar-refractivity contribution is 5.01. The first-order valence-electron chi connectivity index (χ1n) is 6.75. The van der Waals surface area contributed by atoms with Crippen LogP contribution < -0.4 is 5.73 Å². The summed E-state index contributed by atoms with van der Waals surface area (Å²) in [5.74, 6) is 3.02. The van der Waals surface area contributed by atoms with Gasteiger partial charge in [0.25, 0.3) is 0 Å². The Morgan fingerprint density at radius 2 is 1.93 bits per heavy atom. The molecule has 1 aliphatic carbocycles.